The van der Waals surface area contributed by atoms with E-state index < -0.39 is 0 Å². The third-order valence-corrected chi connectivity index (χ3v) is 3.31. The normalized spacial score (nSPS) is 23.3. The van der Waals surface area contributed by atoms with Crippen molar-refractivity contribution < 1.29 is 4.92 Å². The van der Waals surface area contributed by atoms with Crippen LogP contribution in [0.3, 0.4) is 0 Å². The molecule has 4 heteroatoms. The standard InChI is InChI=1S/C11H14N2O2/c1-3-11(2)7-12-10-5-4-8(13(14)15)6-9(10)11/h4-6,12H,3,7H2,1-2H3/t11-/m0/s1. The molecule has 0 saturated carbocycles. The van der Waals surface area contributed by atoms with Crippen LogP contribution in [-0.2, 0) is 5.41 Å². The first-order valence-corrected chi connectivity index (χ1v) is 5.09. The van der Waals surface area contributed by atoms with Crippen molar-refractivity contribution in [2.24, 2.45) is 0 Å². The highest BCUT2D eigenvalue weighted by molar-refractivity contribution is 5.63. The number of rotatable bonds is 2. The van der Waals surface area contributed by atoms with Gasteiger partial charge in [-0.1, -0.05) is 13.8 Å². The Morgan fingerprint density at radius 2 is 2.33 bits per heavy atom. The van der Waals surface area contributed by atoms with E-state index in [1.54, 1.807) is 18.2 Å². The molecule has 0 amide bonds. The molecule has 0 fully saturated rings. The number of benzene rings is 1. The number of hydrogen-bond acceptors (Lipinski definition) is 3. The van der Waals surface area contributed by atoms with Gasteiger partial charge in [0.1, 0.15) is 0 Å². The summed E-state index contributed by atoms with van der Waals surface area (Å²) in [7, 11) is 0. The predicted molar refractivity (Wildman–Crippen MR) is 59.2 cm³/mol. The van der Waals surface area contributed by atoms with Crippen molar-refractivity contribution in [1.82, 2.24) is 0 Å². The lowest BCUT2D eigenvalue weighted by atomic mass is 9.82. The van der Waals surface area contributed by atoms with Gasteiger partial charge in [0.2, 0.25) is 0 Å². The number of hydrogen-bond donors (Lipinski definition) is 1. The van der Waals surface area contributed by atoms with Gasteiger partial charge >= 0.3 is 0 Å². The second kappa shape index (κ2) is 3.22. The van der Waals surface area contributed by atoms with Crippen molar-refractivity contribution in [1.29, 1.82) is 0 Å². The number of fused-ring (bicyclic) bond motifs is 1. The number of nitrogens with zero attached hydrogens (tertiary/aromatic N) is 1. The maximum absolute atomic E-state index is 10.7. The van der Waals surface area contributed by atoms with Crippen LogP contribution in [0.4, 0.5) is 11.4 Å². The summed E-state index contributed by atoms with van der Waals surface area (Å²) < 4.78 is 0. The largest absolute Gasteiger partial charge is 0.384 e. The van der Waals surface area contributed by atoms with E-state index in [2.05, 4.69) is 19.2 Å². The molecule has 1 heterocycles. The SMILES string of the molecule is CC[C@@]1(C)CNc2ccc([N+](=O)[O-])cc21. The fourth-order valence-electron chi connectivity index (χ4n) is 2.00. The maximum Gasteiger partial charge on any atom is 0.269 e. The molecule has 0 aromatic heterocycles. The van der Waals surface area contributed by atoms with Crippen molar-refractivity contribution in [3.63, 3.8) is 0 Å². The third-order valence-electron chi connectivity index (χ3n) is 3.31. The third kappa shape index (κ3) is 1.46. The van der Waals surface area contributed by atoms with Crippen molar-refractivity contribution in [3.05, 3.63) is 33.9 Å². The maximum atomic E-state index is 10.7. The molecular formula is C11H14N2O2. The summed E-state index contributed by atoms with van der Waals surface area (Å²) in [6.45, 7) is 5.10. The smallest absolute Gasteiger partial charge is 0.269 e. The fourth-order valence-corrected chi connectivity index (χ4v) is 2.00. The van der Waals surface area contributed by atoms with Crippen LogP contribution in [0.15, 0.2) is 18.2 Å². The lowest BCUT2D eigenvalue weighted by Crippen LogP contribution is -2.22. The zero-order valence-electron chi connectivity index (χ0n) is 8.91. The number of non-ortho nitro benzene ring substituents is 1. The van der Waals surface area contributed by atoms with Gasteiger partial charge < -0.3 is 5.32 Å². The highest BCUT2D eigenvalue weighted by Gasteiger charge is 2.33. The summed E-state index contributed by atoms with van der Waals surface area (Å²) in [5.74, 6) is 0. The Labute approximate surface area is 88.5 Å². The predicted octanol–water partition coefficient (Wildman–Crippen LogP) is 2.69. The molecular weight excluding hydrogens is 192 g/mol. The molecule has 4 nitrogen and oxygen atoms in total. The fraction of sp³-hybridized carbons (Fsp3) is 0.455. The Morgan fingerprint density at radius 1 is 1.60 bits per heavy atom. The molecule has 1 aromatic carbocycles. The number of nitrogens with one attached hydrogen (secondary N) is 1. The van der Waals surface area contributed by atoms with Gasteiger partial charge in [0.25, 0.3) is 5.69 Å². The summed E-state index contributed by atoms with van der Waals surface area (Å²) in [6, 6.07) is 5.04. The Balaban J connectivity index is 2.51. The Hall–Kier alpha value is -1.58. The first-order chi connectivity index (χ1) is 7.07. The molecule has 2 rings (SSSR count). The summed E-state index contributed by atoms with van der Waals surface area (Å²) in [5.41, 5.74) is 2.31. The van der Waals surface area contributed by atoms with Gasteiger partial charge in [-0.3, -0.25) is 10.1 Å². The van der Waals surface area contributed by atoms with Gasteiger partial charge in [-0.25, -0.2) is 0 Å². The van der Waals surface area contributed by atoms with Gasteiger partial charge in [-0.2, -0.15) is 0 Å². The van der Waals surface area contributed by atoms with Gasteiger partial charge in [0.05, 0.1) is 4.92 Å². The van der Waals surface area contributed by atoms with Gasteiger partial charge in [-0.05, 0) is 18.1 Å². The first-order valence-electron chi connectivity index (χ1n) is 5.09. The van der Waals surface area contributed by atoms with E-state index in [-0.39, 0.29) is 16.0 Å². The minimum Gasteiger partial charge on any atom is -0.384 e. The molecule has 0 saturated heterocycles. The summed E-state index contributed by atoms with van der Waals surface area (Å²) >= 11 is 0. The second-order valence-electron chi connectivity index (χ2n) is 4.25. The first kappa shape index (κ1) is 9.96. The van der Waals surface area contributed by atoms with Crippen LogP contribution in [0, 0.1) is 10.1 Å². The van der Waals surface area contributed by atoms with E-state index in [9.17, 15) is 10.1 Å². The zero-order chi connectivity index (χ0) is 11.1. The minimum absolute atomic E-state index is 0.0291. The van der Waals surface area contributed by atoms with Crippen LogP contribution < -0.4 is 5.32 Å². The molecule has 1 aliphatic rings. The number of nitro benzene ring substituents is 1. The van der Waals surface area contributed by atoms with E-state index in [1.165, 1.54) is 0 Å². The molecule has 1 aliphatic heterocycles. The van der Waals surface area contributed by atoms with E-state index in [1.807, 2.05) is 0 Å². The van der Waals surface area contributed by atoms with Crippen LogP contribution in [0.25, 0.3) is 0 Å². The van der Waals surface area contributed by atoms with Crippen LogP contribution in [0.1, 0.15) is 25.8 Å². The van der Waals surface area contributed by atoms with Crippen LogP contribution in [0.2, 0.25) is 0 Å². The highest BCUT2D eigenvalue weighted by atomic mass is 16.6. The van der Waals surface area contributed by atoms with Crippen molar-refractivity contribution >= 4 is 11.4 Å². The van der Waals surface area contributed by atoms with Gasteiger partial charge in [-0.15, -0.1) is 0 Å². The summed E-state index contributed by atoms with van der Waals surface area (Å²) in [4.78, 5) is 10.3. The number of nitro groups is 1. The van der Waals surface area contributed by atoms with Crippen molar-refractivity contribution in [2.45, 2.75) is 25.7 Å². The summed E-state index contributed by atoms with van der Waals surface area (Å²) in [5, 5.41) is 14.0. The monoisotopic (exact) mass is 206 g/mol. The lowest BCUT2D eigenvalue weighted by molar-refractivity contribution is -0.384. The topological polar surface area (TPSA) is 55.2 Å². The lowest BCUT2D eigenvalue weighted by Gasteiger charge is -2.21. The Morgan fingerprint density at radius 3 is 2.93 bits per heavy atom. The zero-order valence-corrected chi connectivity index (χ0v) is 8.91. The second-order valence-corrected chi connectivity index (χ2v) is 4.25. The molecule has 0 radical (unpaired) electrons. The molecule has 1 aromatic rings. The molecule has 0 bridgehead atoms. The van der Waals surface area contributed by atoms with E-state index in [0.717, 1.165) is 24.2 Å². The van der Waals surface area contributed by atoms with E-state index in [0.29, 0.717) is 0 Å². The van der Waals surface area contributed by atoms with Gasteiger partial charge in [0.15, 0.2) is 0 Å². The molecule has 0 spiro atoms. The van der Waals surface area contributed by atoms with Gasteiger partial charge in [0, 0.05) is 29.8 Å². The molecule has 0 unspecified atom stereocenters. The molecule has 15 heavy (non-hydrogen) atoms. The van der Waals surface area contributed by atoms with Crippen LogP contribution in [-0.4, -0.2) is 11.5 Å². The average Bonchev–Trinajstić information content (AvgIpc) is 2.57. The molecule has 1 N–H and O–H groups in total. The molecule has 0 aliphatic carbocycles. The Bertz CT molecular complexity index is 417. The molecule has 80 valence electrons. The van der Waals surface area contributed by atoms with Crippen LogP contribution >= 0.6 is 0 Å². The Kier molecular flexibility index (Phi) is 2.14. The average molecular weight is 206 g/mol. The van der Waals surface area contributed by atoms with E-state index in [4.69, 9.17) is 0 Å². The minimum atomic E-state index is -0.339. The summed E-state index contributed by atoms with van der Waals surface area (Å²) in [6.07, 6.45) is 0.980. The van der Waals surface area contributed by atoms with Crippen LogP contribution in [0.5, 0.6) is 0 Å². The molecule has 1 atom stereocenters. The van der Waals surface area contributed by atoms with Crippen molar-refractivity contribution in [2.75, 3.05) is 11.9 Å². The highest BCUT2D eigenvalue weighted by Crippen LogP contribution is 2.40. The quantitative estimate of drug-likeness (QED) is 0.597. The van der Waals surface area contributed by atoms with Crippen molar-refractivity contribution in [3.8, 4) is 0 Å². The number of anilines is 1. The van der Waals surface area contributed by atoms with E-state index >= 15 is 0 Å².